The maximum Gasteiger partial charge on any atom is 0.170 e. The van der Waals surface area contributed by atoms with Gasteiger partial charge in [0.1, 0.15) is 11.9 Å². The Morgan fingerprint density at radius 2 is 1.86 bits per heavy atom. The summed E-state index contributed by atoms with van der Waals surface area (Å²) in [6, 6.07) is 10.3. The Morgan fingerprint density at radius 3 is 2.52 bits per heavy atom. The summed E-state index contributed by atoms with van der Waals surface area (Å²) in [4.78, 5) is 0. The van der Waals surface area contributed by atoms with E-state index in [2.05, 4.69) is 42.0 Å². The number of benzene rings is 2. The van der Waals surface area contributed by atoms with Crippen molar-refractivity contribution in [1.29, 1.82) is 0 Å². The van der Waals surface area contributed by atoms with E-state index < -0.39 is 0 Å². The molecular formula is C24H31N3OS. The zero-order valence-electron chi connectivity index (χ0n) is 17.5. The van der Waals surface area contributed by atoms with Crippen molar-refractivity contribution in [2.24, 2.45) is 5.73 Å². The molecule has 0 spiro atoms. The largest absolute Gasteiger partial charge is 0.486 e. The van der Waals surface area contributed by atoms with E-state index in [0.717, 1.165) is 52.2 Å². The third-order valence-corrected chi connectivity index (χ3v) is 5.01. The summed E-state index contributed by atoms with van der Waals surface area (Å²) in [5, 5.41) is 7.01. The van der Waals surface area contributed by atoms with Crippen LogP contribution in [0.25, 0.3) is 12.2 Å². The van der Waals surface area contributed by atoms with Gasteiger partial charge in [-0.3, -0.25) is 0 Å². The molecule has 5 heteroatoms. The fraction of sp³-hybridized carbons (Fsp3) is 0.292. The Morgan fingerprint density at radius 1 is 1.14 bits per heavy atom. The molecule has 0 radical (unpaired) electrons. The second-order valence-electron chi connectivity index (χ2n) is 7.01. The first-order valence-electron chi connectivity index (χ1n) is 9.81. The fourth-order valence-electron chi connectivity index (χ4n) is 2.99. The van der Waals surface area contributed by atoms with Gasteiger partial charge in [-0.2, -0.15) is 0 Å². The smallest absolute Gasteiger partial charge is 0.170 e. The van der Waals surface area contributed by atoms with Crippen LogP contribution in [-0.2, 0) is 0 Å². The number of ether oxygens (including phenoxy) is 1. The molecule has 0 aromatic heterocycles. The van der Waals surface area contributed by atoms with E-state index in [-0.39, 0.29) is 6.10 Å². The van der Waals surface area contributed by atoms with Crippen LogP contribution >= 0.6 is 12.2 Å². The highest BCUT2D eigenvalue weighted by atomic mass is 32.1. The summed E-state index contributed by atoms with van der Waals surface area (Å²) >= 11 is 5.35. The van der Waals surface area contributed by atoms with Crippen LogP contribution in [-0.4, -0.2) is 18.2 Å². The van der Waals surface area contributed by atoms with Crippen LogP contribution in [0.1, 0.15) is 47.3 Å². The molecule has 0 fully saturated rings. The molecule has 0 bridgehead atoms. The normalized spacial score (nSPS) is 11.4. The van der Waals surface area contributed by atoms with Crippen LogP contribution in [0.4, 0.5) is 5.69 Å². The van der Waals surface area contributed by atoms with Crippen molar-refractivity contribution in [2.75, 3.05) is 18.4 Å². The number of rotatable bonds is 9. The molecule has 1 atom stereocenters. The van der Waals surface area contributed by atoms with E-state index >= 15 is 0 Å². The van der Waals surface area contributed by atoms with Gasteiger partial charge in [0.2, 0.25) is 0 Å². The number of nitrogens with one attached hydrogen (secondary N) is 2. The summed E-state index contributed by atoms with van der Waals surface area (Å²) in [5.41, 5.74) is 11.8. The van der Waals surface area contributed by atoms with Gasteiger partial charge in [-0.05, 0) is 92.0 Å². The summed E-state index contributed by atoms with van der Waals surface area (Å²) in [6.07, 6.45) is 4.46. The van der Waals surface area contributed by atoms with Gasteiger partial charge < -0.3 is 21.1 Å². The molecule has 1 unspecified atom stereocenters. The van der Waals surface area contributed by atoms with Gasteiger partial charge in [0, 0.05) is 12.2 Å². The monoisotopic (exact) mass is 409 g/mol. The lowest BCUT2D eigenvalue weighted by Crippen LogP contribution is -2.30. The molecule has 29 heavy (non-hydrogen) atoms. The van der Waals surface area contributed by atoms with Gasteiger partial charge in [0.15, 0.2) is 5.11 Å². The molecule has 0 amide bonds. The summed E-state index contributed by atoms with van der Waals surface area (Å²) in [6.45, 7) is 15.3. The standard InChI is InChI=1S/C24H31N3OS/c1-6-19-9-10-21(15-20(19)7-2)18(5)28-23-14-16(3)22(13-17(23)4)27-24(29)26-12-8-11-25/h6-7,9-10,13-15,18H,1-2,8,11-12,25H2,3-5H3,(H2,26,27,29). The highest BCUT2D eigenvalue weighted by Gasteiger charge is 2.13. The number of aryl methyl sites for hydroxylation is 2. The Hall–Kier alpha value is -2.63. The number of anilines is 1. The van der Waals surface area contributed by atoms with Crippen molar-refractivity contribution in [1.82, 2.24) is 5.32 Å². The zero-order chi connectivity index (χ0) is 21.4. The van der Waals surface area contributed by atoms with Crippen molar-refractivity contribution < 1.29 is 4.74 Å². The maximum absolute atomic E-state index is 6.27. The number of thiocarbonyl (C=S) groups is 1. The molecule has 2 aromatic rings. The number of hydrogen-bond acceptors (Lipinski definition) is 3. The van der Waals surface area contributed by atoms with Crippen LogP contribution in [0.15, 0.2) is 43.5 Å². The van der Waals surface area contributed by atoms with Gasteiger partial charge in [-0.1, -0.05) is 37.4 Å². The van der Waals surface area contributed by atoms with Crippen molar-refractivity contribution in [3.63, 3.8) is 0 Å². The molecule has 0 heterocycles. The van der Waals surface area contributed by atoms with Crippen LogP contribution < -0.4 is 21.1 Å². The Bertz CT molecular complexity index is 892. The molecular weight excluding hydrogens is 378 g/mol. The lowest BCUT2D eigenvalue weighted by molar-refractivity contribution is 0.225. The molecule has 0 aliphatic heterocycles. The molecule has 0 aliphatic carbocycles. The Kier molecular flexibility index (Phi) is 8.43. The summed E-state index contributed by atoms with van der Waals surface area (Å²) in [7, 11) is 0. The molecule has 0 saturated heterocycles. The van der Waals surface area contributed by atoms with E-state index in [1.807, 2.05) is 45.1 Å². The van der Waals surface area contributed by atoms with E-state index in [0.29, 0.717) is 11.7 Å². The van der Waals surface area contributed by atoms with Crippen LogP contribution in [0.2, 0.25) is 0 Å². The van der Waals surface area contributed by atoms with E-state index in [1.165, 1.54) is 0 Å². The van der Waals surface area contributed by atoms with Crippen LogP contribution in [0.5, 0.6) is 5.75 Å². The van der Waals surface area contributed by atoms with Crippen molar-refractivity contribution in [2.45, 2.75) is 33.3 Å². The van der Waals surface area contributed by atoms with E-state index in [9.17, 15) is 0 Å². The first kappa shape index (κ1) is 22.7. The van der Waals surface area contributed by atoms with Gasteiger partial charge in [0.25, 0.3) is 0 Å². The third kappa shape index (κ3) is 6.17. The average Bonchev–Trinajstić information content (AvgIpc) is 2.71. The zero-order valence-corrected chi connectivity index (χ0v) is 18.4. The first-order valence-corrected chi connectivity index (χ1v) is 10.2. The fourth-order valence-corrected chi connectivity index (χ4v) is 3.20. The second kappa shape index (κ2) is 10.8. The first-order chi connectivity index (χ1) is 13.9. The minimum absolute atomic E-state index is 0.0940. The van der Waals surface area contributed by atoms with Gasteiger partial charge >= 0.3 is 0 Å². The number of hydrogen-bond donors (Lipinski definition) is 3. The minimum atomic E-state index is -0.0940. The summed E-state index contributed by atoms with van der Waals surface area (Å²) in [5.74, 6) is 0.857. The molecule has 154 valence electrons. The molecule has 2 rings (SSSR count). The predicted octanol–water partition coefficient (Wildman–Crippen LogP) is 5.36. The maximum atomic E-state index is 6.27. The Labute approximate surface area is 179 Å². The topological polar surface area (TPSA) is 59.3 Å². The molecule has 2 aromatic carbocycles. The number of nitrogens with two attached hydrogens (primary N) is 1. The SMILES string of the molecule is C=Cc1ccc(C(C)Oc2cc(C)c(NC(=S)NCCCN)cc2C)cc1C=C. The lowest BCUT2D eigenvalue weighted by atomic mass is 10.0. The Balaban J connectivity index is 2.13. The highest BCUT2D eigenvalue weighted by molar-refractivity contribution is 7.80. The van der Waals surface area contributed by atoms with Crippen molar-refractivity contribution >= 4 is 35.2 Å². The molecule has 0 aliphatic rings. The van der Waals surface area contributed by atoms with Crippen LogP contribution in [0.3, 0.4) is 0 Å². The van der Waals surface area contributed by atoms with E-state index in [4.69, 9.17) is 22.7 Å². The summed E-state index contributed by atoms with van der Waals surface area (Å²) < 4.78 is 6.27. The predicted molar refractivity (Wildman–Crippen MR) is 129 cm³/mol. The third-order valence-electron chi connectivity index (χ3n) is 4.76. The second-order valence-corrected chi connectivity index (χ2v) is 7.42. The highest BCUT2D eigenvalue weighted by Crippen LogP contribution is 2.31. The average molecular weight is 410 g/mol. The van der Waals surface area contributed by atoms with Crippen molar-refractivity contribution in [3.8, 4) is 5.75 Å². The van der Waals surface area contributed by atoms with Crippen LogP contribution in [0, 0.1) is 13.8 Å². The molecule has 4 nitrogen and oxygen atoms in total. The van der Waals surface area contributed by atoms with E-state index in [1.54, 1.807) is 0 Å². The quantitative estimate of drug-likeness (QED) is 0.384. The van der Waals surface area contributed by atoms with Gasteiger partial charge in [-0.15, -0.1) is 0 Å². The van der Waals surface area contributed by atoms with Gasteiger partial charge in [0.05, 0.1) is 0 Å². The van der Waals surface area contributed by atoms with Crippen molar-refractivity contribution in [3.05, 3.63) is 71.3 Å². The molecule has 4 N–H and O–H groups in total. The molecule has 0 saturated carbocycles. The minimum Gasteiger partial charge on any atom is -0.486 e. The lowest BCUT2D eigenvalue weighted by Gasteiger charge is -2.20. The van der Waals surface area contributed by atoms with Gasteiger partial charge in [-0.25, -0.2) is 0 Å².